The summed E-state index contributed by atoms with van der Waals surface area (Å²) in [5.74, 6) is -2.11. The number of benzene rings is 3. The predicted octanol–water partition coefficient (Wildman–Crippen LogP) is 3.71. The number of hydrogen-bond donors (Lipinski definition) is 7. The van der Waals surface area contributed by atoms with Crippen LogP contribution in [0, 0.1) is 10.8 Å². The van der Waals surface area contributed by atoms with E-state index in [1.165, 1.54) is 5.56 Å². The number of tetrazole rings is 1. The maximum atomic E-state index is 15.1. The van der Waals surface area contributed by atoms with Crippen molar-refractivity contribution in [3.05, 3.63) is 112 Å². The third-order valence-corrected chi connectivity index (χ3v) is 14.7. The molecule has 18 nitrogen and oxygen atoms in total. The molecule has 7 rings (SSSR count). The van der Waals surface area contributed by atoms with Crippen LogP contribution in [-0.4, -0.2) is 123 Å². The van der Waals surface area contributed by atoms with E-state index in [1.807, 2.05) is 102 Å². The average Bonchev–Trinajstić information content (AvgIpc) is 4.07. The van der Waals surface area contributed by atoms with Crippen LogP contribution >= 0.6 is 0 Å². The van der Waals surface area contributed by atoms with Gasteiger partial charge in [0.25, 0.3) is 0 Å². The van der Waals surface area contributed by atoms with Gasteiger partial charge in [0.15, 0.2) is 5.82 Å². The molecule has 0 saturated carbocycles. The molecule has 4 aromatic rings. The Kier molecular flexibility index (Phi) is 16.6. The lowest BCUT2D eigenvalue weighted by Gasteiger charge is -2.42. The van der Waals surface area contributed by atoms with Gasteiger partial charge >= 0.3 is 0 Å². The van der Waals surface area contributed by atoms with E-state index in [9.17, 15) is 19.2 Å². The van der Waals surface area contributed by atoms with Crippen LogP contribution < -0.4 is 31.9 Å². The maximum Gasteiger partial charge on any atom is 0.246 e. The predicted molar refractivity (Wildman–Crippen MR) is 273 cm³/mol. The molecule has 72 heavy (non-hydrogen) atoms. The second-order valence-electron chi connectivity index (χ2n) is 22.0. The first-order valence-corrected chi connectivity index (χ1v) is 25.3. The van der Waals surface area contributed by atoms with Crippen molar-refractivity contribution in [3.63, 3.8) is 0 Å². The van der Waals surface area contributed by atoms with Crippen LogP contribution in [0.25, 0.3) is 0 Å². The third-order valence-electron chi connectivity index (χ3n) is 14.7. The molecule has 1 aliphatic carbocycles. The van der Waals surface area contributed by atoms with Crippen molar-refractivity contribution in [3.8, 4) is 0 Å². The number of carbonyl (C=O) groups is 6. The number of aromatic nitrogens is 4. The average molecular weight is 987 g/mol. The zero-order valence-electron chi connectivity index (χ0n) is 43.5. The molecule has 1 saturated heterocycles. The summed E-state index contributed by atoms with van der Waals surface area (Å²) in [4.78, 5) is 89.7. The molecule has 9 atom stereocenters. The molecular formula is C54H74N12O6. The van der Waals surface area contributed by atoms with Crippen LogP contribution in [0.3, 0.4) is 0 Å². The Balaban J connectivity index is 1.23. The van der Waals surface area contributed by atoms with Gasteiger partial charge in [0.2, 0.25) is 35.4 Å². The van der Waals surface area contributed by atoms with Gasteiger partial charge in [-0.25, -0.2) is 5.10 Å². The molecule has 3 aromatic carbocycles. The lowest BCUT2D eigenvalue weighted by atomic mass is 9.83. The number of likely N-dealkylation sites (tertiary alicyclic amines) is 1. The van der Waals surface area contributed by atoms with E-state index in [4.69, 9.17) is 0 Å². The van der Waals surface area contributed by atoms with Crippen LogP contribution in [0.1, 0.15) is 132 Å². The van der Waals surface area contributed by atoms with Gasteiger partial charge in [-0.1, -0.05) is 114 Å². The second-order valence-corrected chi connectivity index (χ2v) is 22.0. The summed E-state index contributed by atoms with van der Waals surface area (Å²) in [6, 6.07) is 18.0. The Labute approximate surface area is 423 Å². The molecule has 0 spiro atoms. The molecule has 0 unspecified atom stereocenters. The fraction of sp³-hybridized carbons (Fsp3) is 0.537. The van der Waals surface area contributed by atoms with E-state index < -0.39 is 64.9 Å². The number of H-pyrrole nitrogens is 1. The number of nitrogens with one attached hydrogen (secondary N) is 7. The van der Waals surface area contributed by atoms with Crippen molar-refractivity contribution in [1.29, 1.82) is 0 Å². The number of nitrogens with zero attached hydrogens (tertiary/aromatic N) is 5. The first-order valence-electron chi connectivity index (χ1n) is 25.3. The summed E-state index contributed by atoms with van der Waals surface area (Å²) in [5, 5.41) is 32.9. The summed E-state index contributed by atoms with van der Waals surface area (Å²) >= 11 is 0. The highest BCUT2D eigenvalue weighted by atomic mass is 16.2. The second kappa shape index (κ2) is 22.5. The number of aryl methyl sites for hydroxylation is 1. The van der Waals surface area contributed by atoms with E-state index in [2.05, 4.69) is 64.7 Å². The van der Waals surface area contributed by atoms with E-state index >= 15 is 9.59 Å². The minimum absolute atomic E-state index is 0.0822. The molecule has 0 bridgehead atoms. The quantitative estimate of drug-likeness (QED) is 0.0855. The van der Waals surface area contributed by atoms with Gasteiger partial charge in [-0.2, -0.15) is 0 Å². The molecule has 7 N–H and O–H groups in total. The lowest BCUT2D eigenvalue weighted by Crippen LogP contribution is -2.62. The fourth-order valence-corrected chi connectivity index (χ4v) is 10.1. The van der Waals surface area contributed by atoms with Crippen LogP contribution in [0.15, 0.2) is 72.8 Å². The molecular weight excluding hydrogens is 913 g/mol. The van der Waals surface area contributed by atoms with Gasteiger partial charge in [-0.05, 0) is 108 Å². The third kappa shape index (κ3) is 12.2. The Morgan fingerprint density at radius 3 is 1.96 bits per heavy atom. The van der Waals surface area contributed by atoms with Gasteiger partial charge in [0.05, 0.1) is 24.2 Å². The van der Waals surface area contributed by atoms with Crippen LogP contribution in [0.2, 0.25) is 0 Å². The molecule has 386 valence electrons. The first kappa shape index (κ1) is 53.3. The molecule has 3 heterocycles. The van der Waals surface area contributed by atoms with Gasteiger partial charge in [-0.15, -0.1) is 5.10 Å². The number of likely N-dealkylation sites (N-methyl/N-ethyl adjacent to an activating group) is 2. The number of fused-ring (bicyclic) bond motifs is 2. The largest absolute Gasteiger partial charge is 0.347 e. The van der Waals surface area contributed by atoms with Crippen molar-refractivity contribution >= 4 is 35.4 Å². The zero-order chi connectivity index (χ0) is 52.1. The van der Waals surface area contributed by atoms with Crippen molar-refractivity contribution < 1.29 is 28.8 Å². The fourth-order valence-electron chi connectivity index (χ4n) is 10.1. The SMILES string of the molecule is CN[C@@H](C)C(=O)N[C@H](C(=O)N1C[C@@H](c2ccc3c(c2)CN(C(=O)[C@@H](NC(=O)[C@H](C)NC)C(C)(C)C)[C@H](C(=O)N[C@@H]2CCCc4ccccc42)C3)C[C@H]1C(=O)N[C@@H](Cc1ccccc1)c1nnn[nH]1)C(C)(C)C. The Morgan fingerprint density at radius 1 is 0.722 bits per heavy atom. The summed E-state index contributed by atoms with van der Waals surface area (Å²) in [7, 11) is 3.35. The van der Waals surface area contributed by atoms with Crippen LogP contribution in [-0.2, 0) is 54.6 Å². The van der Waals surface area contributed by atoms with E-state index in [1.54, 1.807) is 37.7 Å². The first-order chi connectivity index (χ1) is 34.2. The van der Waals surface area contributed by atoms with Crippen molar-refractivity contribution in [2.45, 2.75) is 155 Å². The summed E-state index contributed by atoms with van der Waals surface area (Å²) < 4.78 is 0. The molecule has 1 fully saturated rings. The minimum atomic E-state index is -0.978. The lowest BCUT2D eigenvalue weighted by molar-refractivity contribution is -0.147. The van der Waals surface area contributed by atoms with Crippen molar-refractivity contribution in [2.24, 2.45) is 10.8 Å². The maximum absolute atomic E-state index is 15.1. The number of hydrogen-bond acceptors (Lipinski definition) is 11. The van der Waals surface area contributed by atoms with Crippen molar-refractivity contribution in [2.75, 3.05) is 20.6 Å². The normalized spacial score (nSPS) is 21.0. The molecule has 18 heteroatoms. The van der Waals surface area contributed by atoms with Crippen LogP contribution in [0.4, 0.5) is 0 Å². The highest BCUT2D eigenvalue weighted by molar-refractivity contribution is 5.95. The molecule has 1 aromatic heterocycles. The highest BCUT2D eigenvalue weighted by Crippen LogP contribution is 2.38. The van der Waals surface area contributed by atoms with E-state index in [0.29, 0.717) is 12.2 Å². The number of amides is 6. The molecule has 2 aliphatic heterocycles. The smallest absolute Gasteiger partial charge is 0.246 e. The van der Waals surface area contributed by atoms with Gasteiger partial charge in [0, 0.05) is 31.8 Å². The summed E-state index contributed by atoms with van der Waals surface area (Å²) in [6.07, 6.45) is 3.48. The topological polar surface area (TPSA) is 236 Å². The Morgan fingerprint density at radius 2 is 1.35 bits per heavy atom. The molecule has 6 amide bonds. The van der Waals surface area contributed by atoms with Gasteiger partial charge in [-0.3, -0.25) is 28.8 Å². The Bertz CT molecular complexity index is 2580. The number of aromatic amines is 1. The summed E-state index contributed by atoms with van der Waals surface area (Å²) in [6.45, 7) is 15.0. The van der Waals surface area contributed by atoms with E-state index in [0.717, 1.165) is 47.1 Å². The number of carbonyl (C=O) groups excluding carboxylic acids is 6. The minimum Gasteiger partial charge on any atom is -0.347 e. The van der Waals surface area contributed by atoms with Crippen LogP contribution in [0.5, 0.6) is 0 Å². The van der Waals surface area contributed by atoms with E-state index in [-0.39, 0.29) is 61.5 Å². The van der Waals surface area contributed by atoms with Crippen molar-refractivity contribution in [1.82, 2.24) is 62.3 Å². The van der Waals surface area contributed by atoms with Gasteiger partial charge < -0.3 is 41.7 Å². The zero-order valence-corrected chi connectivity index (χ0v) is 43.5. The summed E-state index contributed by atoms with van der Waals surface area (Å²) in [5.41, 5.74) is 4.33. The highest BCUT2D eigenvalue weighted by Gasteiger charge is 2.47. The molecule has 0 radical (unpaired) electrons. The number of rotatable bonds is 16. The Hall–Kier alpha value is -6.53. The van der Waals surface area contributed by atoms with Gasteiger partial charge in [0.1, 0.15) is 24.2 Å². The standard InChI is InChI=1S/C54H74N12O6/c1-31(55-9)47(67)59-44(53(3,4)5)51(71)65-29-37-26-35(23-24-36(37)27-42(65)49(69)57-40-22-16-20-34-19-14-15-21-39(34)40)38-28-43(66(30-38)52(72)45(54(6,7)8)60-48(68)32(2)56-10)50(70)58-41(46-61-63-64-62-46)25-33-17-12-11-13-18-33/h11-15,17-19,21,23-24,26,31-32,38,40-45,55-56H,16,20,22,25,27-30H2,1-10H3,(H,57,69)(H,58,70)(H,59,67)(H,60,68)(H,61,62,63,64)/t31-,32-,38-,40+,41-,42-,43-,44+,45+/m0/s1. The monoisotopic (exact) mass is 987 g/mol. The molecule has 3 aliphatic rings.